The van der Waals surface area contributed by atoms with Crippen molar-refractivity contribution in [3.05, 3.63) is 23.7 Å². The number of carbonyl (C=O) groups is 2. The Kier molecular flexibility index (Phi) is 4.70. The summed E-state index contributed by atoms with van der Waals surface area (Å²) in [4.78, 5) is 26.6. The van der Waals surface area contributed by atoms with Crippen LogP contribution in [0.4, 0.5) is 0 Å². The molecule has 0 radical (unpaired) electrons. The average molecular weight is 332 g/mol. The van der Waals surface area contributed by atoms with E-state index in [1.54, 1.807) is 19.3 Å². The van der Waals surface area contributed by atoms with Crippen LogP contribution in [0.5, 0.6) is 0 Å². The second kappa shape index (κ2) is 6.61. The number of furan rings is 1. The second-order valence-electron chi connectivity index (χ2n) is 7.62. The first-order valence-electron chi connectivity index (χ1n) is 9.07. The fourth-order valence-corrected chi connectivity index (χ4v) is 4.63. The van der Waals surface area contributed by atoms with Crippen molar-refractivity contribution in [1.29, 1.82) is 0 Å². The predicted molar refractivity (Wildman–Crippen MR) is 91.8 cm³/mol. The fourth-order valence-electron chi connectivity index (χ4n) is 4.63. The third kappa shape index (κ3) is 2.96. The summed E-state index contributed by atoms with van der Waals surface area (Å²) in [5, 5.41) is 3.13. The van der Waals surface area contributed by atoms with Gasteiger partial charge >= 0.3 is 0 Å². The molecule has 0 bridgehead atoms. The van der Waals surface area contributed by atoms with Crippen molar-refractivity contribution in [3.63, 3.8) is 0 Å². The van der Waals surface area contributed by atoms with Crippen LogP contribution in [-0.4, -0.2) is 35.8 Å². The van der Waals surface area contributed by atoms with Crippen molar-refractivity contribution in [2.45, 2.75) is 64.8 Å². The number of piperidine rings is 1. The molecule has 2 atom stereocenters. The molecular weight excluding hydrogens is 304 g/mol. The largest absolute Gasteiger partial charge is 0.468 e. The average Bonchev–Trinajstić information content (AvgIpc) is 3.19. The van der Waals surface area contributed by atoms with E-state index in [0.717, 1.165) is 44.4 Å². The van der Waals surface area contributed by atoms with E-state index in [9.17, 15) is 9.59 Å². The highest BCUT2D eigenvalue weighted by Crippen LogP contribution is 2.47. The maximum atomic E-state index is 12.6. The van der Waals surface area contributed by atoms with Crippen LogP contribution in [0.25, 0.3) is 0 Å². The summed E-state index contributed by atoms with van der Waals surface area (Å²) in [6.45, 7) is 7.20. The molecule has 2 aliphatic rings. The van der Waals surface area contributed by atoms with Gasteiger partial charge in [0.15, 0.2) is 0 Å². The van der Waals surface area contributed by atoms with E-state index in [1.165, 1.54) is 0 Å². The molecule has 1 aromatic heterocycles. The topological polar surface area (TPSA) is 62.6 Å². The minimum absolute atomic E-state index is 0.0430. The molecule has 5 heteroatoms. The molecular formula is C19H28N2O3. The molecule has 24 heavy (non-hydrogen) atoms. The summed E-state index contributed by atoms with van der Waals surface area (Å²) < 4.78 is 5.46. The van der Waals surface area contributed by atoms with E-state index in [1.807, 2.05) is 18.7 Å². The molecule has 1 N–H and O–H groups in total. The van der Waals surface area contributed by atoms with Gasteiger partial charge < -0.3 is 14.6 Å². The highest BCUT2D eigenvalue weighted by molar-refractivity contribution is 5.95. The lowest BCUT2D eigenvalue weighted by atomic mass is 9.74. The number of hydrogen-bond donors (Lipinski definition) is 1. The zero-order valence-corrected chi connectivity index (χ0v) is 14.9. The molecule has 1 saturated carbocycles. The molecule has 2 heterocycles. The van der Waals surface area contributed by atoms with E-state index < -0.39 is 0 Å². The Morgan fingerprint density at radius 3 is 2.83 bits per heavy atom. The highest BCUT2D eigenvalue weighted by atomic mass is 16.3. The first kappa shape index (κ1) is 17.1. The van der Waals surface area contributed by atoms with Crippen LogP contribution < -0.4 is 5.32 Å². The zero-order chi connectivity index (χ0) is 17.3. The number of nitrogens with one attached hydrogen (secondary N) is 1. The third-order valence-electron chi connectivity index (χ3n) is 5.78. The van der Waals surface area contributed by atoms with Crippen molar-refractivity contribution in [2.24, 2.45) is 5.41 Å². The Morgan fingerprint density at radius 1 is 1.38 bits per heavy atom. The summed E-state index contributed by atoms with van der Waals surface area (Å²) in [7, 11) is 0. The van der Waals surface area contributed by atoms with Gasteiger partial charge in [-0.3, -0.25) is 9.59 Å². The molecule has 132 valence electrons. The smallest absolute Gasteiger partial charge is 0.254 e. The molecule has 1 aliphatic heterocycles. The van der Waals surface area contributed by atoms with Gasteiger partial charge in [-0.25, -0.2) is 0 Å². The molecule has 1 aliphatic carbocycles. The molecule has 0 spiro atoms. The van der Waals surface area contributed by atoms with Crippen LogP contribution in [0.3, 0.4) is 0 Å². The van der Waals surface area contributed by atoms with Crippen LogP contribution >= 0.6 is 0 Å². The molecule has 1 saturated heterocycles. The summed E-state index contributed by atoms with van der Waals surface area (Å²) in [6.07, 6.45) is 6.97. The summed E-state index contributed by atoms with van der Waals surface area (Å²) in [5.74, 6) is 1.02. The van der Waals surface area contributed by atoms with Gasteiger partial charge in [0, 0.05) is 37.4 Å². The van der Waals surface area contributed by atoms with Crippen LogP contribution in [0, 0.1) is 5.41 Å². The van der Waals surface area contributed by atoms with Gasteiger partial charge in [-0.05, 0) is 31.7 Å². The SMILES string of the molecule is CC(=O)N1CCCC2(CNC(=O)c3ccoc3C(C)C)CCCC12. The van der Waals surface area contributed by atoms with Gasteiger partial charge in [0.1, 0.15) is 5.76 Å². The standard InChI is InChI=1S/C19H28N2O3/c1-13(2)17-15(7-11-24-17)18(23)20-12-19-8-4-6-16(19)21(14(3)22)10-5-9-19/h7,11,13,16H,4-6,8-10,12H2,1-3H3,(H,20,23). The number of likely N-dealkylation sites (tertiary alicyclic amines) is 1. The van der Waals surface area contributed by atoms with Crippen LogP contribution in [0.2, 0.25) is 0 Å². The molecule has 2 amide bonds. The van der Waals surface area contributed by atoms with Gasteiger partial charge in [0.2, 0.25) is 5.91 Å². The van der Waals surface area contributed by atoms with E-state index in [2.05, 4.69) is 5.32 Å². The highest BCUT2D eigenvalue weighted by Gasteiger charge is 2.48. The Morgan fingerprint density at radius 2 is 2.12 bits per heavy atom. The van der Waals surface area contributed by atoms with Crippen LogP contribution in [-0.2, 0) is 4.79 Å². The van der Waals surface area contributed by atoms with Gasteiger partial charge in [0.25, 0.3) is 5.91 Å². The minimum Gasteiger partial charge on any atom is -0.468 e. The van der Waals surface area contributed by atoms with Crippen molar-refractivity contribution < 1.29 is 14.0 Å². The Hall–Kier alpha value is -1.78. The zero-order valence-electron chi connectivity index (χ0n) is 14.9. The predicted octanol–water partition coefficient (Wildman–Crippen LogP) is 3.31. The maximum Gasteiger partial charge on any atom is 0.254 e. The monoisotopic (exact) mass is 332 g/mol. The van der Waals surface area contributed by atoms with Crippen molar-refractivity contribution in [3.8, 4) is 0 Å². The van der Waals surface area contributed by atoms with Crippen molar-refractivity contribution in [1.82, 2.24) is 10.2 Å². The number of nitrogens with zero attached hydrogens (tertiary/aromatic N) is 1. The number of amides is 2. The van der Waals surface area contributed by atoms with E-state index >= 15 is 0 Å². The lowest BCUT2D eigenvalue weighted by molar-refractivity contribution is -0.135. The van der Waals surface area contributed by atoms with Crippen molar-refractivity contribution >= 4 is 11.8 Å². The first-order valence-corrected chi connectivity index (χ1v) is 9.07. The molecule has 0 aromatic carbocycles. The quantitative estimate of drug-likeness (QED) is 0.920. The normalized spacial score (nSPS) is 26.5. The van der Waals surface area contributed by atoms with Crippen LogP contribution in [0.1, 0.15) is 74.9 Å². The van der Waals surface area contributed by atoms with Gasteiger partial charge in [-0.1, -0.05) is 20.3 Å². The molecule has 3 rings (SSSR count). The van der Waals surface area contributed by atoms with E-state index in [0.29, 0.717) is 12.1 Å². The number of fused-ring (bicyclic) bond motifs is 1. The number of rotatable bonds is 4. The Labute approximate surface area is 143 Å². The summed E-state index contributed by atoms with van der Waals surface area (Å²) in [6, 6.07) is 2.02. The first-order chi connectivity index (χ1) is 11.4. The summed E-state index contributed by atoms with van der Waals surface area (Å²) >= 11 is 0. The van der Waals surface area contributed by atoms with E-state index in [4.69, 9.17) is 4.42 Å². The second-order valence-corrected chi connectivity index (χ2v) is 7.62. The lowest BCUT2D eigenvalue weighted by Gasteiger charge is -2.46. The molecule has 2 unspecified atom stereocenters. The maximum absolute atomic E-state index is 12.6. The molecule has 2 fully saturated rings. The number of carbonyl (C=O) groups excluding carboxylic acids is 2. The van der Waals surface area contributed by atoms with E-state index in [-0.39, 0.29) is 29.2 Å². The van der Waals surface area contributed by atoms with Crippen LogP contribution in [0.15, 0.2) is 16.7 Å². The van der Waals surface area contributed by atoms with Gasteiger partial charge in [-0.2, -0.15) is 0 Å². The Bertz CT molecular complexity index is 622. The molecule has 1 aromatic rings. The summed E-state index contributed by atoms with van der Waals surface area (Å²) in [5.41, 5.74) is 0.677. The van der Waals surface area contributed by atoms with Gasteiger partial charge in [-0.15, -0.1) is 0 Å². The fraction of sp³-hybridized carbons (Fsp3) is 0.684. The lowest BCUT2D eigenvalue weighted by Crippen LogP contribution is -2.55. The molecule has 5 nitrogen and oxygen atoms in total. The number of hydrogen-bond acceptors (Lipinski definition) is 3. The van der Waals surface area contributed by atoms with Gasteiger partial charge in [0.05, 0.1) is 11.8 Å². The third-order valence-corrected chi connectivity index (χ3v) is 5.78. The Balaban J connectivity index is 1.72. The minimum atomic E-state index is -0.0626. The van der Waals surface area contributed by atoms with Crippen molar-refractivity contribution in [2.75, 3.05) is 13.1 Å².